The number of aromatic nitrogens is 2. The Balaban J connectivity index is 2.01. The molecule has 2 N–H and O–H groups in total. The third-order valence-corrected chi connectivity index (χ3v) is 4.51. The summed E-state index contributed by atoms with van der Waals surface area (Å²) in [5.41, 5.74) is 1.59. The molecule has 0 bridgehead atoms. The van der Waals surface area contributed by atoms with E-state index >= 15 is 0 Å². The molecule has 1 heterocycles. The van der Waals surface area contributed by atoms with Crippen LogP contribution in [0.15, 0.2) is 53.3 Å². The molecule has 8 heteroatoms. The third kappa shape index (κ3) is 4.59. The van der Waals surface area contributed by atoms with Crippen molar-refractivity contribution in [3.8, 4) is 17.5 Å². The fraction of sp³-hybridized carbons (Fsp3) is 0.182. The van der Waals surface area contributed by atoms with Crippen molar-refractivity contribution in [3.63, 3.8) is 0 Å². The Bertz CT molecular complexity index is 1180. The number of carbonyl (C=O) groups is 1. The smallest absolute Gasteiger partial charge is 0.257 e. The van der Waals surface area contributed by atoms with Gasteiger partial charge in [0.2, 0.25) is 5.91 Å². The number of rotatable bonds is 6. The topological polar surface area (TPSA) is 108 Å². The first-order chi connectivity index (χ1) is 14.4. The van der Waals surface area contributed by atoms with Gasteiger partial charge in [0.25, 0.3) is 5.56 Å². The highest BCUT2D eigenvalue weighted by atomic mass is 19.1. The number of nitrogens with one attached hydrogen (secondary N) is 1. The normalized spacial score (nSPS) is 10.5. The van der Waals surface area contributed by atoms with Crippen LogP contribution in [0.2, 0.25) is 0 Å². The molecular formula is C22H19FN4O3. The van der Waals surface area contributed by atoms with E-state index < -0.39 is 17.3 Å². The molecule has 3 aromatic rings. The summed E-state index contributed by atoms with van der Waals surface area (Å²) in [6.45, 7) is 1.08. The zero-order valence-corrected chi connectivity index (χ0v) is 16.2. The van der Waals surface area contributed by atoms with E-state index in [4.69, 9.17) is 5.26 Å². The molecule has 0 unspecified atom stereocenters. The molecule has 2 aromatic carbocycles. The maximum absolute atomic E-state index is 13.3. The molecule has 0 saturated carbocycles. The molecule has 1 amide bonds. The van der Waals surface area contributed by atoms with Crippen LogP contribution in [0.4, 0.5) is 10.1 Å². The second kappa shape index (κ2) is 9.11. The van der Waals surface area contributed by atoms with Gasteiger partial charge < -0.3 is 10.4 Å². The van der Waals surface area contributed by atoms with Gasteiger partial charge in [-0.1, -0.05) is 6.07 Å². The van der Waals surface area contributed by atoms with Gasteiger partial charge >= 0.3 is 0 Å². The highest BCUT2D eigenvalue weighted by Gasteiger charge is 2.18. The summed E-state index contributed by atoms with van der Waals surface area (Å²) in [6, 6.07) is 13.8. The molecule has 30 heavy (non-hydrogen) atoms. The quantitative estimate of drug-likeness (QED) is 0.654. The zero-order chi connectivity index (χ0) is 21.7. The number of aryl methyl sites for hydroxylation is 1. The lowest BCUT2D eigenvalue weighted by Gasteiger charge is -2.16. The fourth-order valence-corrected chi connectivity index (χ4v) is 3.08. The Morgan fingerprint density at radius 3 is 2.67 bits per heavy atom. The molecule has 0 fully saturated rings. The van der Waals surface area contributed by atoms with Crippen molar-refractivity contribution < 1.29 is 14.3 Å². The number of amides is 1. The van der Waals surface area contributed by atoms with Crippen molar-refractivity contribution in [2.45, 2.75) is 19.9 Å². The minimum Gasteiger partial charge on any atom is -0.396 e. The maximum atomic E-state index is 13.3. The fourth-order valence-electron chi connectivity index (χ4n) is 3.08. The van der Waals surface area contributed by atoms with E-state index in [1.165, 1.54) is 34.9 Å². The van der Waals surface area contributed by atoms with E-state index in [1.54, 1.807) is 25.1 Å². The van der Waals surface area contributed by atoms with Gasteiger partial charge in [0, 0.05) is 35.5 Å². The van der Waals surface area contributed by atoms with Gasteiger partial charge in [-0.2, -0.15) is 5.26 Å². The van der Waals surface area contributed by atoms with Crippen molar-refractivity contribution in [2.24, 2.45) is 0 Å². The molecule has 0 saturated heterocycles. The van der Waals surface area contributed by atoms with E-state index in [1.807, 2.05) is 6.07 Å². The number of aliphatic hydroxyl groups excluding tert-OH is 1. The second-order valence-corrected chi connectivity index (χ2v) is 6.61. The van der Waals surface area contributed by atoms with Crippen molar-refractivity contribution in [3.05, 3.63) is 81.5 Å². The first kappa shape index (κ1) is 20.9. The first-order valence-corrected chi connectivity index (χ1v) is 9.20. The zero-order valence-electron chi connectivity index (χ0n) is 16.2. The van der Waals surface area contributed by atoms with Crippen LogP contribution < -0.4 is 10.9 Å². The number of carbonyl (C=O) groups excluding carboxylic acids is 1. The first-order valence-electron chi connectivity index (χ1n) is 9.20. The van der Waals surface area contributed by atoms with Gasteiger partial charge in [0.05, 0.1) is 11.6 Å². The summed E-state index contributed by atoms with van der Waals surface area (Å²) in [7, 11) is 0. The van der Waals surface area contributed by atoms with Crippen LogP contribution in [-0.2, 0) is 17.8 Å². The number of nitriles is 1. The van der Waals surface area contributed by atoms with Gasteiger partial charge in [-0.15, -0.1) is 0 Å². The molecule has 3 rings (SSSR count). The molecule has 152 valence electrons. The standard InChI is InChI=1S/C22H19FN4O3/c1-14-19(9-10-28)22(30)27(21(25-14)16-5-7-17(23)8-6-16)13-20(29)26-18-4-2-3-15(11-18)12-24/h2-8,11,28H,9-10,13H2,1H3,(H,26,29). The van der Waals surface area contributed by atoms with Gasteiger partial charge in [-0.25, -0.2) is 9.37 Å². The molecule has 7 nitrogen and oxygen atoms in total. The molecule has 0 aliphatic heterocycles. The number of hydrogen-bond acceptors (Lipinski definition) is 5. The average molecular weight is 406 g/mol. The van der Waals surface area contributed by atoms with Gasteiger partial charge in [-0.3, -0.25) is 14.2 Å². The number of anilines is 1. The van der Waals surface area contributed by atoms with Crippen LogP contribution in [0.25, 0.3) is 11.4 Å². The Morgan fingerprint density at radius 2 is 2.00 bits per heavy atom. The third-order valence-electron chi connectivity index (χ3n) is 4.51. The lowest BCUT2D eigenvalue weighted by atomic mass is 10.1. The number of aliphatic hydroxyl groups is 1. The van der Waals surface area contributed by atoms with Crippen LogP contribution in [0, 0.1) is 24.1 Å². The molecule has 0 aliphatic carbocycles. The molecule has 0 atom stereocenters. The number of nitrogens with zero attached hydrogens (tertiary/aromatic N) is 3. The SMILES string of the molecule is Cc1nc(-c2ccc(F)cc2)n(CC(=O)Nc2cccc(C#N)c2)c(=O)c1CCO. The maximum Gasteiger partial charge on any atom is 0.257 e. The summed E-state index contributed by atoms with van der Waals surface area (Å²) in [5.74, 6) is -0.701. The van der Waals surface area contributed by atoms with E-state index in [-0.39, 0.29) is 25.4 Å². The van der Waals surface area contributed by atoms with Crippen molar-refractivity contribution in [2.75, 3.05) is 11.9 Å². The minimum atomic E-state index is -0.490. The number of hydrogen-bond donors (Lipinski definition) is 2. The Labute approximate surface area is 172 Å². The molecule has 1 aromatic heterocycles. The van der Waals surface area contributed by atoms with E-state index in [2.05, 4.69) is 10.3 Å². The van der Waals surface area contributed by atoms with E-state index in [0.717, 1.165) is 0 Å². The molecule has 0 aliphatic rings. The summed E-state index contributed by atoms with van der Waals surface area (Å²) in [5, 5.41) is 20.9. The van der Waals surface area contributed by atoms with Crippen LogP contribution >= 0.6 is 0 Å². The summed E-state index contributed by atoms with van der Waals surface area (Å²) < 4.78 is 14.5. The minimum absolute atomic E-state index is 0.104. The predicted molar refractivity (Wildman–Crippen MR) is 109 cm³/mol. The predicted octanol–water partition coefficient (Wildman–Crippen LogP) is 2.40. The number of halogens is 1. The van der Waals surface area contributed by atoms with E-state index in [9.17, 15) is 19.1 Å². The summed E-state index contributed by atoms with van der Waals surface area (Å²) in [6.07, 6.45) is 0.104. The summed E-state index contributed by atoms with van der Waals surface area (Å²) >= 11 is 0. The molecule has 0 radical (unpaired) electrons. The van der Waals surface area contributed by atoms with Gasteiger partial charge in [-0.05, 0) is 49.4 Å². The van der Waals surface area contributed by atoms with Gasteiger partial charge in [0.1, 0.15) is 18.2 Å². The number of benzene rings is 2. The lowest BCUT2D eigenvalue weighted by molar-refractivity contribution is -0.116. The van der Waals surface area contributed by atoms with Crippen LogP contribution in [0.1, 0.15) is 16.8 Å². The Kier molecular flexibility index (Phi) is 6.35. The van der Waals surface area contributed by atoms with E-state index in [0.29, 0.717) is 28.1 Å². The Morgan fingerprint density at radius 1 is 1.27 bits per heavy atom. The second-order valence-electron chi connectivity index (χ2n) is 6.61. The largest absolute Gasteiger partial charge is 0.396 e. The van der Waals surface area contributed by atoms with Crippen LogP contribution in [-0.4, -0.2) is 27.2 Å². The Hall–Kier alpha value is -3.83. The van der Waals surface area contributed by atoms with Crippen molar-refractivity contribution in [1.29, 1.82) is 5.26 Å². The molecular weight excluding hydrogens is 387 g/mol. The van der Waals surface area contributed by atoms with Crippen LogP contribution in [0.5, 0.6) is 0 Å². The lowest BCUT2D eigenvalue weighted by Crippen LogP contribution is -2.33. The average Bonchev–Trinajstić information content (AvgIpc) is 2.73. The van der Waals surface area contributed by atoms with Gasteiger partial charge in [0.15, 0.2) is 0 Å². The molecule has 0 spiro atoms. The summed E-state index contributed by atoms with van der Waals surface area (Å²) in [4.78, 5) is 30.1. The highest BCUT2D eigenvalue weighted by Crippen LogP contribution is 2.19. The van der Waals surface area contributed by atoms with Crippen molar-refractivity contribution in [1.82, 2.24) is 9.55 Å². The highest BCUT2D eigenvalue weighted by molar-refractivity contribution is 5.91. The van der Waals surface area contributed by atoms with Crippen LogP contribution in [0.3, 0.4) is 0 Å². The monoisotopic (exact) mass is 406 g/mol. The van der Waals surface area contributed by atoms with Crippen molar-refractivity contribution >= 4 is 11.6 Å².